The molecule has 5 heteroatoms. The van der Waals surface area contributed by atoms with Crippen LogP contribution in [0.1, 0.15) is 0 Å². The minimum absolute atomic E-state index is 0.130. The van der Waals surface area contributed by atoms with Crippen molar-refractivity contribution < 1.29 is 4.92 Å². The van der Waals surface area contributed by atoms with Gasteiger partial charge in [0.05, 0.1) is 17.6 Å². The Morgan fingerprint density at radius 3 is 3.00 bits per heavy atom. The van der Waals surface area contributed by atoms with Crippen LogP contribution < -0.4 is 0 Å². The van der Waals surface area contributed by atoms with E-state index in [0.29, 0.717) is 0 Å². The molecular weight excluding hydrogens is 128 g/mol. The van der Waals surface area contributed by atoms with E-state index < -0.39 is 4.92 Å². The summed E-state index contributed by atoms with van der Waals surface area (Å²) in [6, 6.07) is 1.24. The standard InChI is InChI=1S/C3HN2O2S/c6-5(7)3-1-2-8-4-3/h1H. The molecule has 0 fully saturated rings. The first-order chi connectivity index (χ1) is 3.80. The lowest BCUT2D eigenvalue weighted by molar-refractivity contribution is -0.388. The lowest BCUT2D eigenvalue weighted by Gasteiger charge is -1.80. The van der Waals surface area contributed by atoms with Crippen LogP contribution in [0, 0.1) is 15.5 Å². The Balaban J connectivity index is 2.93. The molecule has 1 heterocycles. The van der Waals surface area contributed by atoms with Crippen LogP contribution in [0.4, 0.5) is 5.82 Å². The van der Waals surface area contributed by atoms with Gasteiger partial charge in [-0.3, -0.25) is 0 Å². The Morgan fingerprint density at radius 1 is 2.00 bits per heavy atom. The van der Waals surface area contributed by atoms with Gasteiger partial charge < -0.3 is 10.1 Å². The molecule has 1 aromatic rings. The van der Waals surface area contributed by atoms with Crippen LogP contribution in [0.15, 0.2) is 6.07 Å². The molecule has 0 N–H and O–H groups in total. The van der Waals surface area contributed by atoms with Crippen LogP contribution in [0.5, 0.6) is 0 Å². The van der Waals surface area contributed by atoms with Crippen molar-refractivity contribution in [2.24, 2.45) is 0 Å². The van der Waals surface area contributed by atoms with E-state index in [-0.39, 0.29) is 5.82 Å². The van der Waals surface area contributed by atoms with Crippen LogP contribution in [0.25, 0.3) is 0 Å². The van der Waals surface area contributed by atoms with E-state index in [9.17, 15) is 10.1 Å². The second-order valence-electron chi connectivity index (χ2n) is 1.06. The summed E-state index contributed by atoms with van der Waals surface area (Å²) in [5.41, 5.74) is 0. The van der Waals surface area contributed by atoms with Crippen molar-refractivity contribution in [2.45, 2.75) is 0 Å². The van der Waals surface area contributed by atoms with Crippen molar-refractivity contribution in [1.82, 2.24) is 4.37 Å². The molecule has 4 nitrogen and oxygen atoms in total. The summed E-state index contributed by atoms with van der Waals surface area (Å²) in [6.07, 6.45) is 0. The molecule has 0 aromatic carbocycles. The van der Waals surface area contributed by atoms with E-state index in [0.717, 1.165) is 11.5 Å². The van der Waals surface area contributed by atoms with Crippen LogP contribution in [-0.4, -0.2) is 9.30 Å². The first-order valence-electron chi connectivity index (χ1n) is 1.78. The van der Waals surface area contributed by atoms with Gasteiger partial charge >= 0.3 is 5.82 Å². The fourth-order valence-corrected chi connectivity index (χ4v) is 0.688. The first kappa shape index (κ1) is 5.17. The number of hydrogen-bond donors (Lipinski definition) is 0. The van der Waals surface area contributed by atoms with Crippen LogP contribution in [0.3, 0.4) is 0 Å². The maximum Gasteiger partial charge on any atom is 0.379 e. The highest BCUT2D eigenvalue weighted by atomic mass is 32.1. The SMILES string of the molecule is O=[N+]([O-])c1c[c]sn1. The molecule has 0 atom stereocenters. The number of rotatable bonds is 1. The third kappa shape index (κ3) is 0.812. The van der Waals surface area contributed by atoms with E-state index in [1.807, 2.05) is 0 Å². The molecule has 0 aliphatic rings. The number of aromatic nitrogens is 1. The lowest BCUT2D eigenvalue weighted by atomic mass is 10.7. The van der Waals surface area contributed by atoms with Gasteiger partial charge in [-0.1, -0.05) is 0 Å². The van der Waals surface area contributed by atoms with Gasteiger partial charge in [-0.05, 0) is 4.92 Å². The van der Waals surface area contributed by atoms with Crippen molar-refractivity contribution in [3.05, 3.63) is 21.6 Å². The van der Waals surface area contributed by atoms with E-state index >= 15 is 0 Å². The van der Waals surface area contributed by atoms with Gasteiger partial charge in [0.25, 0.3) is 0 Å². The quantitative estimate of drug-likeness (QED) is 0.417. The van der Waals surface area contributed by atoms with E-state index in [1.165, 1.54) is 6.07 Å². The van der Waals surface area contributed by atoms with Crippen molar-refractivity contribution in [1.29, 1.82) is 0 Å². The average molecular weight is 129 g/mol. The molecule has 0 aliphatic heterocycles. The molecular formula is C3HN2O2S. The Kier molecular flexibility index (Phi) is 1.21. The van der Waals surface area contributed by atoms with E-state index in [4.69, 9.17) is 0 Å². The lowest BCUT2D eigenvalue weighted by Crippen LogP contribution is -1.84. The second-order valence-corrected chi connectivity index (χ2v) is 1.66. The summed E-state index contributed by atoms with van der Waals surface area (Å²) < 4.78 is 3.40. The summed E-state index contributed by atoms with van der Waals surface area (Å²) in [6.45, 7) is 0. The molecule has 0 saturated heterocycles. The highest BCUT2D eigenvalue weighted by Gasteiger charge is 2.04. The smallest absolute Gasteiger partial charge is 0.358 e. The third-order valence-corrected chi connectivity index (χ3v) is 1.07. The number of nitro groups is 1. The molecule has 0 bridgehead atoms. The van der Waals surface area contributed by atoms with Crippen molar-refractivity contribution in [2.75, 3.05) is 0 Å². The zero-order chi connectivity index (χ0) is 5.98. The highest BCUT2D eigenvalue weighted by Crippen LogP contribution is 2.06. The summed E-state index contributed by atoms with van der Waals surface area (Å²) in [4.78, 5) is 9.24. The largest absolute Gasteiger partial charge is 0.379 e. The van der Waals surface area contributed by atoms with Gasteiger partial charge in [-0.25, -0.2) is 0 Å². The molecule has 0 unspecified atom stereocenters. The molecule has 1 radical (unpaired) electrons. The second kappa shape index (κ2) is 1.87. The maximum atomic E-state index is 9.79. The molecule has 1 rings (SSSR count). The van der Waals surface area contributed by atoms with Gasteiger partial charge in [0.1, 0.15) is 5.38 Å². The third-order valence-electron chi connectivity index (χ3n) is 0.567. The zero-order valence-corrected chi connectivity index (χ0v) is 4.51. The normalized spacial score (nSPS) is 9.00. The first-order valence-corrected chi connectivity index (χ1v) is 2.55. The van der Waals surface area contributed by atoms with Crippen molar-refractivity contribution in [3.8, 4) is 0 Å². The van der Waals surface area contributed by atoms with E-state index in [1.54, 1.807) is 0 Å². The molecule has 0 spiro atoms. The van der Waals surface area contributed by atoms with Gasteiger partial charge in [0, 0.05) is 4.37 Å². The van der Waals surface area contributed by atoms with Crippen LogP contribution in [0.2, 0.25) is 0 Å². The van der Waals surface area contributed by atoms with Gasteiger partial charge in [0.2, 0.25) is 0 Å². The fourth-order valence-electron chi connectivity index (χ4n) is 0.265. The predicted octanol–water partition coefficient (Wildman–Crippen LogP) is 0.851. The Bertz CT molecular complexity index is 183. The minimum Gasteiger partial charge on any atom is -0.358 e. The Labute approximate surface area is 49.1 Å². The highest BCUT2D eigenvalue weighted by molar-refractivity contribution is 7.03. The zero-order valence-electron chi connectivity index (χ0n) is 3.70. The monoisotopic (exact) mass is 129 g/mol. The molecule has 1 aromatic heterocycles. The summed E-state index contributed by atoms with van der Waals surface area (Å²) in [5, 5.41) is 12.3. The molecule has 0 aliphatic carbocycles. The molecule has 8 heavy (non-hydrogen) atoms. The van der Waals surface area contributed by atoms with Crippen LogP contribution in [-0.2, 0) is 0 Å². The van der Waals surface area contributed by atoms with Gasteiger partial charge in [-0.15, -0.1) is 0 Å². The fraction of sp³-hybridized carbons (Fsp3) is 0. The van der Waals surface area contributed by atoms with Crippen molar-refractivity contribution in [3.63, 3.8) is 0 Å². The molecule has 0 saturated carbocycles. The minimum atomic E-state index is -0.549. The van der Waals surface area contributed by atoms with Gasteiger partial charge in [0.15, 0.2) is 0 Å². The summed E-state index contributed by atoms with van der Waals surface area (Å²) in [7, 11) is 0. The number of nitrogens with zero attached hydrogens (tertiary/aromatic N) is 2. The van der Waals surface area contributed by atoms with Crippen LogP contribution >= 0.6 is 11.5 Å². The number of hydrogen-bond acceptors (Lipinski definition) is 4. The average Bonchev–Trinajstić information content (AvgIpc) is 2.12. The Hall–Kier alpha value is -0.970. The predicted molar refractivity (Wildman–Crippen MR) is 27.6 cm³/mol. The maximum absolute atomic E-state index is 9.79. The summed E-state index contributed by atoms with van der Waals surface area (Å²) >= 11 is 0.951. The van der Waals surface area contributed by atoms with Crippen molar-refractivity contribution >= 4 is 17.4 Å². The topological polar surface area (TPSA) is 56.0 Å². The molecule has 0 amide bonds. The van der Waals surface area contributed by atoms with E-state index in [2.05, 4.69) is 9.75 Å². The summed E-state index contributed by atoms with van der Waals surface area (Å²) in [5.74, 6) is -0.130. The van der Waals surface area contributed by atoms with Gasteiger partial charge in [-0.2, -0.15) is 0 Å². The molecule has 41 valence electrons. The Morgan fingerprint density at radius 2 is 2.75 bits per heavy atom.